The van der Waals surface area contributed by atoms with E-state index in [0.717, 1.165) is 61.4 Å². The van der Waals surface area contributed by atoms with E-state index in [0.29, 0.717) is 34.7 Å². The summed E-state index contributed by atoms with van der Waals surface area (Å²) in [6.45, 7) is 4.55. The van der Waals surface area contributed by atoms with E-state index in [4.69, 9.17) is 24.4 Å². The van der Waals surface area contributed by atoms with E-state index >= 15 is 0 Å². The molecule has 5 nitrogen and oxygen atoms in total. The van der Waals surface area contributed by atoms with Crippen LogP contribution in [-0.2, 0) is 5.41 Å². The lowest BCUT2D eigenvalue weighted by Crippen LogP contribution is -2.15. The van der Waals surface area contributed by atoms with Gasteiger partial charge in [0.05, 0.1) is 0 Å². The topological polar surface area (TPSA) is 57.1 Å². The van der Waals surface area contributed by atoms with E-state index in [-0.39, 0.29) is 5.41 Å². The zero-order chi connectivity index (χ0) is 39.5. The molecular formula is C54H37N3O2. The molecule has 11 rings (SSSR count). The molecule has 1 aliphatic heterocycles. The summed E-state index contributed by atoms with van der Waals surface area (Å²) in [6, 6.07) is 64.7. The lowest BCUT2D eigenvalue weighted by Gasteiger charge is -2.26. The molecule has 1 aromatic heterocycles. The molecule has 0 fully saturated rings. The number of hydrogen-bond acceptors (Lipinski definition) is 5. The fourth-order valence-corrected chi connectivity index (χ4v) is 8.66. The molecule has 0 saturated heterocycles. The Morgan fingerprint density at radius 3 is 1.47 bits per heavy atom. The van der Waals surface area contributed by atoms with Crippen LogP contribution in [0, 0.1) is 0 Å². The molecule has 280 valence electrons. The summed E-state index contributed by atoms with van der Waals surface area (Å²) in [5, 5.41) is 0. The van der Waals surface area contributed by atoms with Crippen molar-refractivity contribution in [3.63, 3.8) is 0 Å². The first-order valence-corrected chi connectivity index (χ1v) is 19.9. The third-order valence-corrected chi connectivity index (χ3v) is 11.6. The minimum absolute atomic E-state index is 0.153. The molecule has 0 atom stereocenters. The maximum atomic E-state index is 6.88. The highest BCUT2D eigenvalue weighted by atomic mass is 16.6. The summed E-state index contributed by atoms with van der Waals surface area (Å²) in [7, 11) is 0. The smallest absolute Gasteiger partial charge is 0.178 e. The molecule has 9 aromatic rings. The summed E-state index contributed by atoms with van der Waals surface area (Å²) >= 11 is 0. The van der Waals surface area contributed by atoms with Crippen LogP contribution < -0.4 is 9.47 Å². The average Bonchev–Trinajstić information content (AvgIpc) is 3.54. The van der Waals surface area contributed by atoms with Gasteiger partial charge in [-0.25, -0.2) is 15.0 Å². The first-order chi connectivity index (χ1) is 29.0. The van der Waals surface area contributed by atoms with Crippen molar-refractivity contribution in [1.29, 1.82) is 0 Å². The fraction of sp³-hybridized carbons (Fsp3) is 0.0556. The third-order valence-electron chi connectivity index (χ3n) is 11.6. The van der Waals surface area contributed by atoms with Crippen molar-refractivity contribution >= 4 is 0 Å². The van der Waals surface area contributed by atoms with E-state index < -0.39 is 0 Å². The Morgan fingerprint density at radius 1 is 0.339 bits per heavy atom. The van der Waals surface area contributed by atoms with Gasteiger partial charge in [0, 0.05) is 33.2 Å². The van der Waals surface area contributed by atoms with E-state index in [1.54, 1.807) is 0 Å². The third kappa shape index (κ3) is 5.90. The Labute approximate surface area is 343 Å². The van der Waals surface area contributed by atoms with Gasteiger partial charge in [-0.1, -0.05) is 178 Å². The number of para-hydroxylation sites is 1. The van der Waals surface area contributed by atoms with Crippen molar-refractivity contribution in [3.8, 4) is 102 Å². The molecule has 0 radical (unpaired) electrons. The maximum Gasteiger partial charge on any atom is 0.178 e. The average molecular weight is 760 g/mol. The SMILES string of the molecule is CC1(C)c2ccccc2-c2c1ccc1c2Oc2cccc(-c3ccccc3-c3nc(-c4cccc(-c5ccccc5)c4)nc(-c4cccc(-c5ccccc5)c4)n3)c2O1. The summed E-state index contributed by atoms with van der Waals surface area (Å²) in [4.78, 5) is 15.6. The van der Waals surface area contributed by atoms with E-state index in [1.807, 2.05) is 42.5 Å². The molecular weight excluding hydrogens is 723 g/mol. The molecule has 2 aliphatic rings. The molecule has 0 N–H and O–H groups in total. The summed E-state index contributed by atoms with van der Waals surface area (Å²) in [6.07, 6.45) is 0. The highest BCUT2D eigenvalue weighted by Crippen LogP contribution is 2.59. The van der Waals surface area contributed by atoms with Gasteiger partial charge in [0.15, 0.2) is 40.5 Å². The highest BCUT2D eigenvalue weighted by Gasteiger charge is 2.40. The molecule has 2 heterocycles. The standard InChI is InChI=1S/C54H37N3O2/c1-54(2)44-28-12-11-26-43(44)48-45(54)30-31-47-50(48)59-46-29-15-27-41(49(46)58-47)40-24-9-10-25-42(40)53-56-51(38-22-13-20-36(32-38)34-16-5-3-6-17-34)55-52(57-53)39-23-14-21-37(33-39)35-18-7-4-8-19-35/h3-33H,1-2H3. The van der Waals surface area contributed by atoms with Crippen molar-refractivity contribution in [2.75, 3.05) is 0 Å². The Hall–Kier alpha value is -7.63. The van der Waals surface area contributed by atoms with Crippen molar-refractivity contribution in [3.05, 3.63) is 199 Å². The zero-order valence-corrected chi connectivity index (χ0v) is 32.6. The molecule has 59 heavy (non-hydrogen) atoms. The lowest BCUT2D eigenvalue weighted by atomic mass is 9.82. The van der Waals surface area contributed by atoms with Crippen LogP contribution in [0.15, 0.2) is 188 Å². The number of rotatable bonds is 6. The predicted octanol–water partition coefficient (Wildman–Crippen LogP) is 14.1. The number of fused-ring (bicyclic) bond motifs is 6. The quantitative estimate of drug-likeness (QED) is 0.169. The van der Waals surface area contributed by atoms with Crippen molar-refractivity contribution < 1.29 is 9.47 Å². The van der Waals surface area contributed by atoms with Crippen LogP contribution >= 0.6 is 0 Å². The second kappa shape index (κ2) is 13.8. The van der Waals surface area contributed by atoms with E-state index in [2.05, 4.69) is 159 Å². The fourth-order valence-electron chi connectivity index (χ4n) is 8.66. The van der Waals surface area contributed by atoms with Gasteiger partial charge >= 0.3 is 0 Å². The van der Waals surface area contributed by atoms with Crippen LogP contribution in [0.5, 0.6) is 23.0 Å². The van der Waals surface area contributed by atoms with Crippen LogP contribution in [0.1, 0.15) is 25.0 Å². The number of aromatic nitrogens is 3. The lowest BCUT2D eigenvalue weighted by molar-refractivity contribution is 0.361. The summed E-state index contributed by atoms with van der Waals surface area (Å²) in [5.74, 6) is 4.48. The molecule has 8 aromatic carbocycles. The van der Waals surface area contributed by atoms with Crippen LogP contribution in [0.3, 0.4) is 0 Å². The normalized spacial score (nSPS) is 13.0. The van der Waals surface area contributed by atoms with Gasteiger partial charge in [0.25, 0.3) is 0 Å². The largest absolute Gasteiger partial charge is 0.449 e. The molecule has 0 saturated carbocycles. The van der Waals surface area contributed by atoms with Gasteiger partial charge in [-0.2, -0.15) is 0 Å². The summed E-state index contributed by atoms with van der Waals surface area (Å²) in [5.41, 5.74) is 13.5. The second-order valence-corrected chi connectivity index (χ2v) is 15.6. The Kier molecular flexibility index (Phi) is 8.09. The highest BCUT2D eigenvalue weighted by molar-refractivity contribution is 5.91. The predicted molar refractivity (Wildman–Crippen MR) is 237 cm³/mol. The minimum Gasteiger partial charge on any atom is -0.449 e. The molecule has 1 aliphatic carbocycles. The van der Waals surface area contributed by atoms with Crippen LogP contribution in [0.4, 0.5) is 0 Å². The van der Waals surface area contributed by atoms with Gasteiger partial charge < -0.3 is 9.47 Å². The van der Waals surface area contributed by atoms with E-state index in [1.165, 1.54) is 16.7 Å². The zero-order valence-electron chi connectivity index (χ0n) is 32.6. The number of ether oxygens (including phenoxy) is 2. The van der Waals surface area contributed by atoms with Gasteiger partial charge in [-0.15, -0.1) is 0 Å². The Balaban J connectivity index is 1.05. The number of hydrogen-bond donors (Lipinski definition) is 0. The van der Waals surface area contributed by atoms with Gasteiger partial charge in [-0.3, -0.25) is 0 Å². The molecule has 0 amide bonds. The van der Waals surface area contributed by atoms with Crippen LogP contribution in [0.2, 0.25) is 0 Å². The monoisotopic (exact) mass is 759 g/mol. The Bertz CT molecular complexity index is 2980. The van der Waals surface area contributed by atoms with Crippen LogP contribution in [-0.4, -0.2) is 15.0 Å². The van der Waals surface area contributed by atoms with E-state index in [9.17, 15) is 0 Å². The molecule has 0 spiro atoms. The Morgan fingerprint density at radius 2 is 0.814 bits per heavy atom. The van der Waals surface area contributed by atoms with Gasteiger partial charge in [-0.05, 0) is 68.8 Å². The maximum absolute atomic E-state index is 6.88. The van der Waals surface area contributed by atoms with Crippen molar-refractivity contribution in [2.45, 2.75) is 19.3 Å². The second-order valence-electron chi connectivity index (χ2n) is 15.6. The first kappa shape index (κ1) is 34.6. The minimum atomic E-state index is -0.153. The first-order valence-electron chi connectivity index (χ1n) is 19.9. The number of benzene rings is 8. The molecule has 5 heteroatoms. The van der Waals surface area contributed by atoms with Gasteiger partial charge in [0.2, 0.25) is 0 Å². The summed E-state index contributed by atoms with van der Waals surface area (Å²) < 4.78 is 13.7. The van der Waals surface area contributed by atoms with Crippen molar-refractivity contribution in [1.82, 2.24) is 15.0 Å². The number of nitrogens with zero attached hydrogens (tertiary/aromatic N) is 3. The van der Waals surface area contributed by atoms with Crippen LogP contribution in [0.25, 0.3) is 78.7 Å². The molecule has 0 unspecified atom stereocenters. The van der Waals surface area contributed by atoms with Crippen molar-refractivity contribution in [2.24, 2.45) is 0 Å². The van der Waals surface area contributed by atoms with Gasteiger partial charge in [0.1, 0.15) is 0 Å². The molecule has 0 bridgehead atoms.